The minimum Gasteiger partial charge on any atom is -0.497 e. The van der Waals surface area contributed by atoms with Gasteiger partial charge in [-0.1, -0.05) is 0 Å². The second kappa shape index (κ2) is 9.11. The first-order valence-corrected chi connectivity index (χ1v) is 9.60. The number of benzene rings is 1. The van der Waals surface area contributed by atoms with E-state index in [0.29, 0.717) is 6.54 Å². The number of likely N-dealkylation sites (N-methyl/N-ethyl adjacent to an activating group) is 1. The molecule has 0 fully saturated rings. The van der Waals surface area contributed by atoms with Crippen molar-refractivity contribution in [2.75, 3.05) is 27.7 Å². The number of thioether (sulfide) groups is 1. The number of carbonyl (C=O) groups is 1. The highest BCUT2D eigenvalue weighted by atomic mass is 32.2. The number of rotatable bonds is 8. The highest BCUT2D eigenvalue weighted by Gasteiger charge is 2.19. The van der Waals surface area contributed by atoms with Crippen LogP contribution in [-0.4, -0.2) is 43.8 Å². The lowest BCUT2D eigenvalue weighted by molar-refractivity contribution is -0.120. The Kier molecular flexibility index (Phi) is 7.15. The van der Waals surface area contributed by atoms with Gasteiger partial charge in [-0.15, -0.1) is 11.8 Å². The largest absolute Gasteiger partial charge is 0.497 e. The maximum absolute atomic E-state index is 12.4. The van der Waals surface area contributed by atoms with Crippen molar-refractivity contribution in [3.05, 3.63) is 46.7 Å². The topological polar surface area (TPSA) is 41.6 Å². The van der Waals surface area contributed by atoms with E-state index < -0.39 is 0 Å². The van der Waals surface area contributed by atoms with E-state index in [1.807, 2.05) is 45.3 Å². The van der Waals surface area contributed by atoms with Gasteiger partial charge in [0.05, 0.1) is 18.4 Å². The van der Waals surface area contributed by atoms with Crippen LogP contribution in [0.5, 0.6) is 5.75 Å². The number of thiophene rings is 1. The molecular formula is C18H24N2O2S2. The standard InChI is InChI=1S/C18H24N2O2S2/c1-13(24-16-7-5-15(22-4)6-8-16)18(21)19-11-17(20(2)3)14-9-10-23-12-14/h5-10,12-13,17H,11H2,1-4H3,(H,19,21)/t13-,17-/m1/s1. The minimum absolute atomic E-state index is 0.0536. The molecule has 2 atom stereocenters. The third-order valence-electron chi connectivity index (χ3n) is 3.76. The number of methoxy groups -OCH3 is 1. The van der Waals surface area contributed by atoms with Crippen LogP contribution in [0.25, 0.3) is 0 Å². The number of carbonyl (C=O) groups excluding carboxylic acids is 1. The second-order valence-corrected chi connectivity index (χ2v) is 7.91. The van der Waals surface area contributed by atoms with Crippen LogP contribution < -0.4 is 10.1 Å². The predicted molar refractivity (Wildman–Crippen MR) is 102 cm³/mol. The second-order valence-electron chi connectivity index (χ2n) is 5.72. The third-order valence-corrected chi connectivity index (χ3v) is 5.58. The molecule has 1 aromatic heterocycles. The van der Waals surface area contributed by atoms with Gasteiger partial charge in [-0.25, -0.2) is 0 Å². The van der Waals surface area contributed by atoms with Crippen LogP contribution >= 0.6 is 23.1 Å². The van der Waals surface area contributed by atoms with Crippen LogP contribution in [0.3, 0.4) is 0 Å². The lowest BCUT2D eigenvalue weighted by atomic mass is 10.1. The molecular weight excluding hydrogens is 340 g/mol. The molecule has 0 bridgehead atoms. The Morgan fingerprint density at radius 1 is 1.29 bits per heavy atom. The molecule has 1 heterocycles. The molecule has 2 aromatic rings. The molecule has 0 spiro atoms. The van der Waals surface area contributed by atoms with Gasteiger partial charge in [0, 0.05) is 11.4 Å². The van der Waals surface area contributed by atoms with Gasteiger partial charge in [-0.05, 0) is 67.7 Å². The Morgan fingerprint density at radius 3 is 2.54 bits per heavy atom. The van der Waals surface area contributed by atoms with Crippen molar-refractivity contribution in [3.63, 3.8) is 0 Å². The van der Waals surface area contributed by atoms with Gasteiger partial charge in [0.1, 0.15) is 5.75 Å². The summed E-state index contributed by atoms with van der Waals surface area (Å²) in [6.45, 7) is 2.54. The Labute approximate surface area is 152 Å². The van der Waals surface area contributed by atoms with Gasteiger partial charge < -0.3 is 15.0 Å². The zero-order valence-electron chi connectivity index (χ0n) is 14.5. The fourth-order valence-electron chi connectivity index (χ4n) is 2.32. The van der Waals surface area contributed by atoms with E-state index in [1.54, 1.807) is 30.2 Å². The maximum atomic E-state index is 12.4. The van der Waals surface area contributed by atoms with E-state index >= 15 is 0 Å². The van der Waals surface area contributed by atoms with Gasteiger partial charge in [-0.3, -0.25) is 4.79 Å². The molecule has 0 aliphatic heterocycles. The van der Waals surface area contributed by atoms with Crippen molar-refractivity contribution in [2.45, 2.75) is 23.1 Å². The number of hydrogen-bond donors (Lipinski definition) is 1. The molecule has 130 valence electrons. The lowest BCUT2D eigenvalue weighted by Crippen LogP contribution is -2.37. The van der Waals surface area contributed by atoms with Gasteiger partial charge in [0.25, 0.3) is 0 Å². The first-order chi connectivity index (χ1) is 11.5. The van der Waals surface area contributed by atoms with Crippen LogP contribution in [0.2, 0.25) is 0 Å². The Hall–Kier alpha value is -1.50. The average molecular weight is 365 g/mol. The molecule has 4 nitrogen and oxygen atoms in total. The summed E-state index contributed by atoms with van der Waals surface area (Å²) >= 11 is 3.23. The summed E-state index contributed by atoms with van der Waals surface area (Å²) in [7, 11) is 5.71. The van der Waals surface area contributed by atoms with E-state index in [-0.39, 0.29) is 17.2 Å². The molecule has 0 aliphatic rings. The van der Waals surface area contributed by atoms with Crippen LogP contribution in [0.4, 0.5) is 0 Å². The van der Waals surface area contributed by atoms with Crippen LogP contribution in [0.1, 0.15) is 18.5 Å². The minimum atomic E-state index is -0.149. The van der Waals surface area contributed by atoms with Crippen molar-refractivity contribution in [3.8, 4) is 5.75 Å². The summed E-state index contributed by atoms with van der Waals surface area (Å²) in [4.78, 5) is 15.6. The van der Waals surface area contributed by atoms with Crippen molar-refractivity contribution in [1.29, 1.82) is 0 Å². The summed E-state index contributed by atoms with van der Waals surface area (Å²) in [5.41, 5.74) is 1.24. The molecule has 0 saturated carbocycles. The molecule has 1 aromatic carbocycles. The molecule has 1 N–H and O–H groups in total. The molecule has 6 heteroatoms. The number of ether oxygens (including phenoxy) is 1. The summed E-state index contributed by atoms with van der Waals surface area (Å²) < 4.78 is 5.15. The zero-order valence-corrected chi connectivity index (χ0v) is 16.1. The van der Waals surface area contributed by atoms with Gasteiger partial charge in [0.2, 0.25) is 5.91 Å². The zero-order chi connectivity index (χ0) is 17.5. The number of nitrogens with one attached hydrogen (secondary N) is 1. The molecule has 2 rings (SSSR count). The number of amides is 1. The van der Waals surface area contributed by atoms with Crippen molar-refractivity contribution in [1.82, 2.24) is 10.2 Å². The monoisotopic (exact) mass is 364 g/mol. The highest BCUT2D eigenvalue weighted by molar-refractivity contribution is 8.00. The van der Waals surface area contributed by atoms with Gasteiger partial charge >= 0.3 is 0 Å². The van der Waals surface area contributed by atoms with E-state index in [4.69, 9.17) is 4.74 Å². The van der Waals surface area contributed by atoms with E-state index in [2.05, 4.69) is 27.0 Å². The van der Waals surface area contributed by atoms with Gasteiger partial charge in [-0.2, -0.15) is 11.3 Å². The van der Waals surface area contributed by atoms with Crippen LogP contribution in [0.15, 0.2) is 46.0 Å². The molecule has 0 saturated heterocycles. The quantitative estimate of drug-likeness (QED) is 0.726. The first kappa shape index (κ1) is 18.8. The van der Waals surface area contributed by atoms with E-state index in [9.17, 15) is 4.79 Å². The Morgan fingerprint density at radius 2 is 2.00 bits per heavy atom. The van der Waals surface area contributed by atoms with Crippen LogP contribution in [0, 0.1) is 0 Å². The van der Waals surface area contributed by atoms with Crippen molar-refractivity contribution in [2.24, 2.45) is 0 Å². The Balaban J connectivity index is 1.88. The molecule has 1 amide bonds. The normalized spacial score (nSPS) is 13.5. The fourth-order valence-corrected chi connectivity index (χ4v) is 3.91. The lowest BCUT2D eigenvalue weighted by Gasteiger charge is -2.24. The summed E-state index contributed by atoms with van der Waals surface area (Å²) in [6.07, 6.45) is 0. The van der Waals surface area contributed by atoms with E-state index in [1.165, 1.54) is 5.56 Å². The van der Waals surface area contributed by atoms with Gasteiger partial charge in [0.15, 0.2) is 0 Å². The molecule has 24 heavy (non-hydrogen) atoms. The van der Waals surface area contributed by atoms with Crippen molar-refractivity contribution >= 4 is 29.0 Å². The smallest absolute Gasteiger partial charge is 0.233 e. The molecule has 0 radical (unpaired) electrons. The summed E-state index contributed by atoms with van der Waals surface area (Å²) in [5.74, 6) is 0.874. The number of hydrogen-bond acceptors (Lipinski definition) is 5. The average Bonchev–Trinajstić information content (AvgIpc) is 3.09. The molecule has 0 unspecified atom stereocenters. The fraction of sp³-hybridized carbons (Fsp3) is 0.389. The SMILES string of the molecule is COc1ccc(S[C@H](C)C(=O)NC[C@H](c2ccsc2)N(C)C)cc1. The van der Waals surface area contributed by atoms with E-state index in [0.717, 1.165) is 10.6 Å². The van der Waals surface area contributed by atoms with Crippen molar-refractivity contribution < 1.29 is 9.53 Å². The highest BCUT2D eigenvalue weighted by Crippen LogP contribution is 2.26. The summed E-state index contributed by atoms with van der Waals surface area (Å²) in [6, 6.07) is 10.1. The maximum Gasteiger partial charge on any atom is 0.233 e. The number of nitrogens with zero attached hydrogens (tertiary/aromatic N) is 1. The first-order valence-electron chi connectivity index (χ1n) is 7.78. The summed E-state index contributed by atoms with van der Waals surface area (Å²) in [5, 5.41) is 7.12. The Bertz CT molecular complexity index is 627. The van der Waals surface area contributed by atoms with Crippen LogP contribution in [-0.2, 0) is 4.79 Å². The third kappa shape index (κ3) is 5.26. The predicted octanol–water partition coefficient (Wildman–Crippen LogP) is 3.66. The molecule has 0 aliphatic carbocycles.